The Labute approximate surface area is 144 Å². The Morgan fingerprint density at radius 3 is 2.24 bits per heavy atom. The third-order valence-corrected chi connectivity index (χ3v) is 4.65. The molecule has 132 valence electrons. The van der Waals surface area contributed by atoms with Crippen molar-refractivity contribution in [1.29, 1.82) is 0 Å². The molecule has 1 saturated heterocycles. The SMILES string of the molecule is Cc1ccccc1N(C)C1CN(C(=O)c2ccc(C(F)(F)F)cc2)C1. The first-order valence-electron chi connectivity index (χ1n) is 8.02. The molecule has 1 heterocycles. The topological polar surface area (TPSA) is 23.6 Å². The Morgan fingerprint density at radius 1 is 1.08 bits per heavy atom. The highest BCUT2D eigenvalue weighted by molar-refractivity contribution is 5.95. The van der Waals surface area contributed by atoms with Crippen molar-refractivity contribution < 1.29 is 18.0 Å². The Balaban J connectivity index is 1.62. The van der Waals surface area contributed by atoms with Crippen molar-refractivity contribution in [2.45, 2.75) is 19.1 Å². The molecule has 1 aliphatic rings. The zero-order valence-electron chi connectivity index (χ0n) is 14.0. The van der Waals surface area contributed by atoms with Crippen LogP contribution in [0.5, 0.6) is 0 Å². The smallest absolute Gasteiger partial charge is 0.368 e. The highest BCUT2D eigenvalue weighted by atomic mass is 19.4. The Morgan fingerprint density at radius 2 is 1.68 bits per heavy atom. The van der Waals surface area contributed by atoms with Gasteiger partial charge in [0.15, 0.2) is 0 Å². The molecule has 0 saturated carbocycles. The van der Waals surface area contributed by atoms with E-state index in [-0.39, 0.29) is 17.5 Å². The summed E-state index contributed by atoms with van der Waals surface area (Å²) < 4.78 is 37.8. The second kappa shape index (κ2) is 6.43. The number of para-hydroxylation sites is 1. The number of benzene rings is 2. The van der Waals surface area contributed by atoms with Crippen LogP contribution in [-0.4, -0.2) is 37.0 Å². The van der Waals surface area contributed by atoms with Crippen LogP contribution in [0.15, 0.2) is 48.5 Å². The van der Waals surface area contributed by atoms with E-state index >= 15 is 0 Å². The van der Waals surface area contributed by atoms with Crippen LogP contribution >= 0.6 is 0 Å². The number of hydrogen-bond donors (Lipinski definition) is 0. The van der Waals surface area contributed by atoms with E-state index in [9.17, 15) is 18.0 Å². The molecule has 1 amide bonds. The lowest BCUT2D eigenvalue weighted by Gasteiger charge is -2.45. The van der Waals surface area contributed by atoms with Crippen LogP contribution in [0, 0.1) is 6.92 Å². The van der Waals surface area contributed by atoms with Gasteiger partial charge in [0.2, 0.25) is 0 Å². The minimum atomic E-state index is -4.39. The van der Waals surface area contributed by atoms with Gasteiger partial charge in [-0.25, -0.2) is 0 Å². The predicted octanol–water partition coefficient (Wildman–Crippen LogP) is 3.97. The number of carbonyl (C=O) groups excluding carboxylic acids is 1. The largest absolute Gasteiger partial charge is 0.416 e. The Bertz CT molecular complexity index is 765. The van der Waals surface area contributed by atoms with Crippen molar-refractivity contribution in [2.24, 2.45) is 0 Å². The molecule has 2 aromatic rings. The minimum Gasteiger partial charge on any atom is -0.368 e. The maximum atomic E-state index is 12.6. The fourth-order valence-corrected chi connectivity index (χ4v) is 3.01. The van der Waals surface area contributed by atoms with Gasteiger partial charge in [-0.15, -0.1) is 0 Å². The van der Waals surface area contributed by atoms with Gasteiger partial charge in [-0.3, -0.25) is 4.79 Å². The standard InChI is InChI=1S/C19H19F3N2O/c1-13-5-3-4-6-17(13)23(2)16-11-24(12-16)18(25)14-7-9-15(10-8-14)19(20,21)22/h3-10,16H,11-12H2,1-2H3. The lowest BCUT2D eigenvalue weighted by Crippen LogP contribution is -2.60. The van der Waals surface area contributed by atoms with Crippen LogP contribution in [0.4, 0.5) is 18.9 Å². The van der Waals surface area contributed by atoms with Crippen LogP contribution in [0.25, 0.3) is 0 Å². The second-order valence-corrected chi connectivity index (χ2v) is 6.34. The number of aryl methyl sites for hydroxylation is 1. The van der Waals surface area contributed by atoms with Crippen molar-refractivity contribution in [3.63, 3.8) is 0 Å². The summed E-state index contributed by atoms with van der Waals surface area (Å²) in [6.45, 7) is 3.16. The molecule has 1 fully saturated rings. The molecule has 0 aliphatic carbocycles. The first-order valence-corrected chi connectivity index (χ1v) is 8.02. The molecular weight excluding hydrogens is 329 g/mol. The summed E-state index contributed by atoms with van der Waals surface area (Å²) >= 11 is 0. The summed E-state index contributed by atoms with van der Waals surface area (Å²) in [5, 5.41) is 0. The molecular formula is C19H19F3N2O. The summed E-state index contributed by atoms with van der Waals surface area (Å²) in [5.41, 5.74) is 1.82. The van der Waals surface area contributed by atoms with Crippen molar-refractivity contribution >= 4 is 11.6 Å². The van der Waals surface area contributed by atoms with Gasteiger partial charge in [-0.1, -0.05) is 18.2 Å². The maximum absolute atomic E-state index is 12.6. The molecule has 0 radical (unpaired) electrons. The zero-order valence-corrected chi connectivity index (χ0v) is 14.0. The van der Waals surface area contributed by atoms with Crippen molar-refractivity contribution in [1.82, 2.24) is 4.90 Å². The van der Waals surface area contributed by atoms with Gasteiger partial charge >= 0.3 is 6.18 Å². The number of hydrogen-bond acceptors (Lipinski definition) is 2. The van der Waals surface area contributed by atoms with Gasteiger partial charge in [-0.2, -0.15) is 13.2 Å². The zero-order chi connectivity index (χ0) is 18.2. The number of likely N-dealkylation sites (tertiary alicyclic amines) is 1. The van der Waals surface area contributed by atoms with Crippen LogP contribution in [0.1, 0.15) is 21.5 Å². The van der Waals surface area contributed by atoms with E-state index in [4.69, 9.17) is 0 Å². The highest BCUT2D eigenvalue weighted by Crippen LogP contribution is 2.30. The van der Waals surface area contributed by atoms with Crippen molar-refractivity contribution in [2.75, 3.05) is 25.0 Å². The molecule has 25 heavy (non-hydrogen) atoms. The van der Waals surface area contributed by atoms with E-state index in [1.807, 2.05) is 38.2 Å². The quantitative estimate of drug-likeness (QED) is 0.838. The summed E-state index contributed by atoms with van der Waals surface area (Å²) in [7, 11) is 1.99. The number of alkyl halides is 3. The molecule has 0 bridgehead atoms. The van der Waals surface area contributed by atoms with Gasteiger partial charge in [0.25, 0.3) is 5.91 Å². The molecule has 1 aliphatic heterocycles. The average molecular weight is 348 g/mol. The number of rotatable bonds is 3. The second-order valence-electron chi connectivity index (χ2n) is 6.34. The van der Waals surface area contributed by atoms with Gasteiger partial charge < -0.3 is 9.80 Å². The van der Waals surface area contributed by atoms with E-state index in [1.165, 1.54) is 12.1 Å². The normalized spacial score (nSPS) is 15.0. The van der Waals surface area contributed by atoms with E-state index in [0.29, 0.717) is 13.1 Å². The molecule has 3 nitrogen and oxygen atoms in total. The number of amides is 1. The third kappa shape index (κ3) is 3.48. The average Bonchev–Trinajstić information content (AvgIpc) is 2.53. The molecule has 3 rings (SSSR count). The molecule has 2 aromatic carbocycles. The fourth-order valence-electron chi connectivity index (χ4n) is 3.01. The molecule has 0 atom stereocenters. The van der Waals surface area contributed by atoms with Gasteiger partial charge in [-0.05, 0) is 42.8 Å². The van der Waals surface area contributed by atoms with Gasteiger partial charge in [0.1, 0.15) is 0 Å². The summed E-state index contributed by atoms with van der Waals surface area (Å²) in [6.07, 6.45) is -4.39. The fraction of sp³-hybridized carbons (Fsp3) is 0.316. The minimum absolute atomic E-state index is 0.208. The monoisotopic (exact) mass is 348 g/mol. The lowest BCUT2D eigenvalue weighted by atomic mass is 10.0. The van der Waals surface area contributed by atoms with Crippen molar-refractivity contribution in [3.05, 3.63) is 65.2 Å². The lowest BCUT2D eigenvalue weighted by molar-refractivity contribution is -0.137. The van der Waals surface area contributed by atoms with E-state index in [0.717, 1.165) is 23.4 Å². The molecule has 0 aromatic heterocycles. The van der Waals surface area contributed by atoms with Crippen molar-refractivity contribution in [3.8, 4) is 0 Å². The number of carbonyl (C=O) groups is 1. The van der Waals surface area contributed by atoms with Crippen LogP contribution < -0.4 is 4.90 Å². The number of halogens is 3. The van der Waals surface area contributed by atoms with E-state index in [2.05, 4.69) is 4.90 Å². The Hall–Kier alpha value is -2.50. The molecule has 0 spiro atoms. The van der Waals surface area contributed by atoms with Gasteiger partial charge in [0.05, 0.1) is 11.6 Å². The van der Waals surface area contributed by atoms with E-state index in [1.54, 1.807) is 4.90 Å². The first-order chi connectivity index (χ1) is 11.8. The van der Waals surface area contributed by atoms with Gasteiger partial charge in [0, 0.05) is 31.4 Å². The summed E-state index contributed by atoms with van der Waals surface area (Å²) in [4.78, 5) is 16.2. The van der Waals surface area contributed by atoms with Crippen LogP contribution in [-0.2, 0) is 6.18 Å². The summed E-state index contributed by atoms with van der Waals surface area (Å²) in [6, 6.07) is 12.6. The maximum Gasteiger partial charge on any atom is 0.416 e. The third-order valence-electron chi connectivity index (χ3n) is 4.65. The van der Waals surface area contributed by atoms with Crippen LogP contribution in [0.3, 0.4) is 0 Å². The molecule has 0 N–H and O–H groups in total. The van der Waals surface area contributed by atoms with E-state index < -0.39 is 11.7 Å². The molecule has 6 heteroatoms. The highest BCUT2D eigenvalue weighted by Gasteiger charge is 2.35. The number of anilines is 1. The Kier molecular flexibility index (Phi) is 4.45. The van der Waals surface area contributed by atoms with Crippen LogP contribution in [0.2, 0.25) is 0 Å². The predicted molar refractivity (Wildman–Crippen MR) is 90.7 cm³/mol. The number of nitrogens with zero attached hydrogens (tertiary/aromatic N) is 2. The summed E-state index contributed by atoms with van der Waals surface area (Å²) in [5.74, 6) is -0.233. The number of likely N-dealkylation sites (N-methyl/N-ethyl adjacent to an activating group) is 1. The molecule has 0 unspecified atom stereocenters. The first kappa shape index (κ1) is 17.3.